The van der Waals surface area contributed by atoms with E-state index in [1.54, 1.807) is 19.1 Å². The molecule has 0 atom stereocenters. The predicted octanol–water partition coefficient (Wildman–Crippen LogP) is 1.99. The van der Waals surface area contributed by atoms with Gasteiger partial charge in [-0.15, -0.1) is 0 Å². The van der Waals surface area contributed by atoms with Crippen LogP contribution < -0.4 is 5.32 Å². The van der Waals surface area contributed by atoms with E-state index in [9.17, 15) is 10.1 Å². The molecule has 0 saturated heterocycles. The zero-order chi connectivity index (χ0) is 9.68. The van der Waals surface area contributed by atoms with Crippen LogP contribution in [0.25, 0.3) is 0 Å². The Kier molecular flexibility index (Phi) is 2.87. The molecule has 0 aliphatic heterocycles. The van der Waals surface area contributed by atoms with Crippen LogP contribution in [0, 0.1) is 22.1 Å². The van der Waals surface area contributed by atoms with Crippen molar-refractivity contribution in [3.05, 3.63) is 34.4 Å². The first-order chi connectivity index (χ1) is 6.24. The quantitative estimate of drug-likeness (QED) is 0.324. The second-order valence-electron chi connectivity index (χ2n) is 2.30. The maximum Gasteiger partial charge on any atom is 0.269 e. The topological polar surface area (TPSA) is 55.2 Å². The summed E-state index contributed by atoms with van der Waals surface area (Å²) in [7, 11) is 0. The van der Waals surface area contributed by atoms with Gasteiger partial charge in [0, 0.05) is 23.9 Å². The fourth-order valence-corrected chi connectivity index (χ4v) is 0.801. The molecule has 4 heteroatoms. The highest BCUT2D eigenvalue weighted by Crippen LogP contribution is 2.14. The van der Waals surface area contributed by atoms with Crippen LogP contribution in [-0.2, 0) is 0 Å². The molecule has 0 radical (unpaired) electrons. The molecule has 0 unspecified atom stereocenters. The van der Waals surface area contributed by atoms with E-state index in [0.717, 1.165) is 5.69 Å². The summed E-state index contributed by atoms with van der Waals surface area (Å²) in [6.45, 7) is 1.71. The van der Waals surface area contributed by atoms with Crippen LogP contribution in [0.4, 0.5) is 11.4 Å². The normalized spacial score (nSPS) is 8.38. The third kappa shape index (κ3) is 2.49. The third-order valence-corrected chi connectivity index (χ3v) is 1.41. The van der Waals surface area contributed by atoms with Gasteiger partial charge in [-0.1, -0.05) is 5.92 Å². The second kappa shape index (κ2) is 4.12. The molecule has 1 aromatic carbocycles. The molecule has 0 aliphatic rings. The lowest BCUT2D eigenvalue weighted by Crippen LogP contribution is -1.90. The zero-order valence-corrected chi connectivity index (χ0v) is 7.07. The average molecular weight is 176 g/mol. The molecule has 66 valence electrons. The third-order valence-electron chi connectivity index (χ3n) is 1.41. The van der Waals surface area contributed by atoms with Gasteiger partial charge in [0.1, 0.15) is 0 Å². The van der Waals surface area contributed by atoms with E-state index in [1.165, 1.54) is 12.1 Å². The Morgan fingerprint density at radius 1 is 1.38 bits per heavy atom. The minimum absolute atomic E-state index is 0.0787. The molecule has 4 nitrogen and oxygen atoms in total. The Labute approximate surface area is 75.7 Å². The molecule has 1 aromatic rings. The van der Waals surface area contributed by atoms with Gasteiger partial charge in [-0.3, -0.25) is 10.1 Å². The molecule has 1 rings (SSSR count). The van der Waals surface area contributed by atoms with Gasteiger partial charge in [0.15, 0.2) is 0 Å². The first-order valence-corrected chi connectivity index (χ1v) is 3.66. The number of hydrogen-bond donors (Lipinski definition) is 1. The molecule has 0 heterocycles. The summed E-state index contributed by atoms with van der Waals surface area (Å²) in [4.78, 5) is 9.85. The zero-order valence-electron chi connectivity index (χ0n) is 7.07. The van der Waals surface area contributed by atoms with Crippen molar-refractivity contribution in [3.8, 4) is 12.0 Å². The fourth-order valence-electron chi connectivity index (χ4n) is 0.801. The van der Waals surface area contributed by atoms with Crippen molar-refractivity contribution in [2.24, 2.45) is 0 Å². The Morgan fingerprint density at radius 2 is 2.00 bits per heavy atom. The van der Waals surface area contributed by atoms with Crippen LogP contribution in [0.5, 0.6) is 0 Å². The van der Waals surface area contributed by atoms with Crippen LogP contribution in [0.15, 0.2) is 24.3 Å². The highest BCUT2D eigenvalue weighted by Gasteiger charge is 2.02. The minimum Gasteiger partial charge on any atom is -0.315 e. The monoisotopic (exact) mass is 176 g/mol. The summed E-state index contributed by atoms with van der Waals surface area (Å²) in [6.07, 6.45) is 0. The molecular weight excluding hydrogens is 168 g/mol. The van der Waals surface area contributed by atoms with E-state index in [0.29, 0.717) is 0 Å². The Bertz CT molecular complexity index is 359. The maximum absolute atomic E-state index is 10.3. The van der Waals surface area contributed by atoms with Gasteiger partial charge in [0.25, 0.3) is 5.69 Å². The van der Waals surface area contributed by atoms with Gasteiger partial charge in [0.2, 0.25) is 0 Å². The smallest absolute Gasteiger partial charge is 0.269 e. The van der Waals surface area contributed by atoms with Gasteiger partial charge in [-0.25, -0.2) is 0 Å². The number of anilines is 1. The van der Waals surface area contributed by atoms with Gasteiger partial charge >= 0.3 is 0 Å². The molecule has 13 heavy (non-hydrogen) atoms. The van der Waals surface area contributed by atoms with E-state index in [1.807, 2.05) is 0 Å². The highest BCUT2D eigenvalue weighted by atomic mass is 16.6. The molecular formula is C9H8N2O2. The van der Waals surface area contributed by atoms with E-state index < -0.39 is 4.92 Å². The standard InChI is InChI=1S/C9H8N2O2/c1-2-7-10-8-3-5-9(6-4-8)11(12)13/h3-6,10H,1H3. The molecule has 1 N–H and O–H groups in total. The van der Waals surface area contributed by atoms with Gasteiger partial charge in [-0.2, -0.15) is 0 Å². The number of nitro groups is 1. The molecule has 0 aliphatic carbocycles. The number of non-ortho nitro benzene ring substituents is 1. The summed E-state index contributed by atoms with van der Waals surface area (Å²) in [6, 6.07) is 8.73. The number of rotatable bonds is 2. The Morgan fingerprint density at radius 3 is 2.46 bits per heavy atom. The molecule has 0 bridgehead atoms. The van der Waals surface area contributed by atoms with E-state index in [-0.39, 0.29) is 5.69 Å². The number of nitrogens with one attached hydrogen (secondary N) is 1. The molecule has 0 amide bonds. The number of nitro benzene ring substituents is 1. The van der Waals surface area contributed by atoms with Crippen molar-refractivity contribution in [2.45, 2.75) is 6.92 Å². The maximum atomic E-state index is 10.3. The lowest BCUT2D eigenvalue weighted by atomic mass is 10.3. The molecule has 0 aromatic heterocycles. The number of nitrogens with zero attached hydrogens (tertiary/aromatic N) is 1. The van der Waals surface area contributed by atoms with Crippen LogP contribution in [-0.4, -0.2) is 4.92 Å². The van der Waals surface area contributed by atoms with Crippen molar-refractivity contribution < 1.29 is 4.92 Å². The molecule has 0 saturated carbocycles. The van der Waals surface area contributed by atoms with Gasteiger partial charge in [0.05, 0.1) is 4.92 Å². The Hall–Kier alpha value is -2.02. The van der Waals surface area contributed by atoms with E-state index in [4.69, 9.17) is 0 Å². The summed E-state index contributed by atoms with van der Waals surface area (Å²) in [5.41, 5.74) is 0.829. The lowest BCUT2D eigenvalue weighted by Gasteiger charge is -1.96. The van der Waals surface area contributed by atoms with Crippen LogP contribution >= 0.6 is 0 Å². The first kappa shape index (κ1) is 9.07. The van der Waals surface area contributed by atoms with Crippen LogP contribution in [0.1, 0.15) is 6.92 Å². The second-order valence-corrected chi connectivity index (χ2v) is 2.30. The first-order valence-electron chi connectivity index (χ1n) is 3.66. The van der Waals surface area contributed by atoms with Crippen LogP contribution in [0.3, 0.4) is 0 Å². The Balaban J connectivity index is 2.79. The molecule has 0 spiro atoms. The van der Waals surface area contributed by atoms with Gasteiger partial charge in [-0.05, 0) is 19.1 Å². The number of hydrogen-bond acceptors (Lipinski definition) is 3. The van der Waals surface area contributed by atoms with Crippen LogP contribution in [0.2, 0.25) is 0 Å². The SMILES string of the molecule is CC#CNc1ccc([N+](=O)[O-])cc1. The fraction of sp³-hybridized carbons (Fsp3) is 0.111. The highest BCUT2D eigenvalue weighted by molar-refractivity contribution is 5.51. The summed E-state index contributed by atoms with van der Waals surface area (Å²) >= 11 is 0. The van der Waals surface area contributed by atoms with E-state index >= 15 is 0 Å². The van der Waals surface area contributed by atoms with Crippen molar-refractivity contribution in [1.29, 1.82) is 0 Å². The van der Waals surface area contributed by atoms with Crippen molar-refractivity contribution in [2.75, 3.05) is 5.32 Å². The number of benzene rings is 1. The molecule has 0 fully saturated rings. The van der Waals surface area contributed by atoms with Crippen molar-refractivity contribution in [1.82, 2.24) is 0 Å². The predicted molar refractivity (Wildman–Crippen MR) is 50.2 cm³/mol. The summed E-state index contributed by atoms with van der Waals surface area (Å²) in [5, 5.41) is 13.1. The lowest BCUT2D eigenvalue weighted by molar-refractivity contribution is -0.384. The van der Waals surface area contributed by atoms with Crippen molar-refractivity contribution in [3.63, 3.8) is 0 Å². The van der Waals surface area contributed by atoms with E-state index in [2.05, 4.69) is 17.3 Å². The van der Waals surface area contributed by atoms with Gasteiger partial charge < -0.3 is 5.32 Å². The summed E-state index contributed by atoms with van der Waals surface area (Å²) in [5.74, 6) is 2.66. The minimum atomic E-state index is -0.435. The van der Waals surface area contributed by atoms with Crippen molar-refractivity contribution >= 4 is 11.4 Å². The average Bonchev–Trinajstić information content (AvgIpc) is 2.15. The largest absolute Gasteiger partial charge is 0.315 e. The summed E-state index contributed by atoms with van der Waals surface area (Å²) < 4.78 is 0.